The van der Waals surface area contributed by atoms with Gasteiger partial charge in [0.15, 0.2) is 0 Å². The van der Waals surface area contributed by atoms with E-state index < -0.39 is 5.41 Å². The monoisotopic (exact) mass is 771 g/mol. The summed E-state index contributed by atoms with van der Waals surface area (Å²) in [5, 5.41) is 3.38. The van der Waals surface area contributed by atoms with Gasteiger partial charge in [-0.2, -0.15) is 0 Å². The fourth-order valence-electron chi connectivity index (χ4n) is 10.8. The maximum atomic E-state index is 6.74. The van der Waals surface area contributed by atoms with E-state index >= 15 is 0 Å². The fraction of sp³-hybridized carbons (Fsp3) is 0.0714. The van der Waals surface area contributed by atoms with E-state index in [1.807, 2.05) is 12.1 Å². The highest BCUT2D eigenvalue weighted by Crippen LogP contribution is 2.62. The van der Waals surface area contributed by atoms with Gasteiger partial charge in [-0.3, -0.25) is 0 Å². The molecule has 0 fully saturated rings. The predicted octanol–water partition coefficient (Wildman–Crippen LogP) is 14.8. The quantitative estimate of drug-likeness (QED) is 0.179. The Morgan fingerprint density at radius 3 is 1.90 bits per heavy atom. The van der Waals surface area contributed by atoms with Crippen molar-refractivity contribution in [2.45, 2.75) is 24.3 Å². The Morgan fingerprint density at radius 2 is 1.12 bits per heavy atom. The molecule has 0 amide bonds. The first-order chi connectivity index (χ1) is 29.7. The van der Waals surface area contributed by atoms with Crippen molar-refractivity contribution in [1.29, 1.82) is 0 Å². The van der Waals surface area contributed by atoms with Crippen LogP contribution in [0.2, 0.25) is 0 Å². The largest absolute Gasteiger partial charge is 0.457 e. The van der Waals surface area contributed by atoms with Crippen molar-refractivity contribution >= 4 is 50.4 Å². The maximum Gasteiger partial charge on any atom is 0.137 e. The van der Waals surface area contributed by atoms with E-state index in [-0.39, 0.29) is 12.0 Å². The smallest absolute Gasteiger partial charge is 0.137 e. The van der Waals surface area contributed by atoms with Crippen molar-refractivity contribution < 1.29 is 13.6 Å². The first kappa shape index (κ1) is 33.4. The number of benzene rings is 8. The van der Waals surface area contributed by atoms with Crippen LogP contribution in [0.15, 0.2) is 197 Å². The topological polar surface area (TPSA) is 38.8 Å². The summed E-state index contributed by atoms with van der Waals surface area (Å²) in [6.07, 6.45) is 4.47. The molecule has 2 aromatic heterocycles. The number of furan rings is 2. The van der Waals surface area contributed by atoms with Crippen LogP contribution in [0, 0.1) is 0 Å². The summed E-state index contributed by atoms with van der Waals surface area (Å²) in [5.41, 5.74) is 15.3. The molecule has 1 aliphatic heterocycles. The maximum absolute atomic E-state index is 6.74. The molecule has 10 aromatic rings. The summed E-state index contributed by atoms with van der Waals surface area (Å²) in [6.45, 7) is 2.33. The molecule has 2 unspecified atom stereocenters. The second-order valence-corrected chi connectivity index (χ2v) is 16.3. The molecule has 3 heterocycles. The zero-order valence-corrected chi connectivity index (χ0v) is 32.8. The number of anilines is 2. The number of hydrogen-bond acceptors (Lipinski definition) is 4. The Labute approximate surface area is 347 Å². The Kier molecular flexibility index (Phi) is 6.95. The lowest BCUT2D eigenvalue weighted by Crippen LogP contribution is -2.35. The van der Waals surface area contributed by atoms with Crippen LogP contribution in [0.25, 0.3) is 61.2 Å². The van der Waals surface area contributed by atoms with Crippen LogP contribution in [0.3, 0.4) is 0 Å². The Morgan fingerprint density at radius 1 is 0.500 bits per heavy atom. The number of para-hydroxylation sites is 3. The zero-order valence-electron chi connectivity index (χ0n) is 32.8. The van der Waals surface area contributed by atoms with Gasteiger partial charge in [0.05, 0.1) is 22.5 Å². The minimum absolute atomic E-state index is 0.00746. The van der Waals surface area contributed by atoms with E-state index in [9.17, 15) is 0 Å². The minimum Gasteiger partial charge on any atom is -0.457 e. The van der Waals surface area contributed by atoms with Crippen molar-refractivity contribution in [3.8, 4) is 33.8 Å². The SMILES string of the molecule is CC1c2c(oc3ccccc23)C=CC1N(c1ccc(-c2ccc3c(c2)C2(c4ccccc4O3)c3ccccc3-c3ccccc32)cc1)c1cccc2oc3ccccc3c12. The van der Waals surface area contributed by atoms with Gasteiger partial charge >= 0.3 is 0 Å². The van der Waals surface area contributed by atoms with Gasteiger partial charge in [0.2, 0.25) is 0 Å². The second-order valence-electron chi connectivity index (χ2n) is 16.3. The van der Waals surface area contributed by atoms with Crippen molar-refractivity contribution in [2.75, 3.05) is 4.90 Å². The summed E-state index contributed by atoms with van der Waals surface area (Å²) in [5.74, 6) is 2.84. The molecule has 284 valence electrons. The van der Waals surface area contributed by atoms with E-state index in [1.54, 1.807) is 0 Å². The summed E-state index contributed by atoms with van der Waals surface area (Å²) in [7, 11) is 0. The molecule has 1 spiro atoms. The molecule has 3 aliphatic rings. The van der Waals surface area contributed by atoms with Gasteiger partial charge in [0.25, 0.3) is 0 Å². The van der Waals surface area contributed by atoms with Gasteiger partial charge in [-0.05, 0) is 94.1 Å². The van der Waals surface area contributed by atoms with Crippen molar-refractivity contribution in [3.63, 3.8) is 0 Å². The fourth-order valence-corrected chi connectivity index (χ4v) is 10.8. The number of ether oxygens (including phenoxy) is 1. The molecule has 8 aromatic carbocycles. The lowest BCUT2D eigenvalue weighted by molar-refractivity contribution is 0.436. The van der Waals surface area contributed by atoms with Crippen LogP contribution in [-0.4, -0.2) is 6.04 Å². The molecule has 13 rings (SSSR count). The first-order valence-corrected chi connectivity index (χ1v) is 20.8. The van der Waals surface area contributed by atoms with Gasteiger partial charge in [0.1, 0.15) is 34.0 Å². The highest BCUT2D eigenvalue weighted by atomic mass is 16.5. The summed E-state index contributed by atoms with van der Waals surface area (Å²) in [4.78, 5) is 2.50. The van der Waals surface area contributed by atoms with Crippen molar-refractivity contribution in [2.24, 2.45) is 0 Å². The zero-order chi connectivity index (χ0) is 39.5. The number of fused-ring (bicyclic) bond motifs is 15. The molecule has 0 radical (unpaired) electrons. The van der Waals surface area contributed by atoms with Crippen LogP contribution in [0.1, 0.15) is 46.4 Å². The molecular formula is C56H37NO3. The number of rotatable bonds is 4. The van der Waals surface area contributed by atoms with Crippen LogP contribution >= 0.6 is 0 Å². The summed E-state index contributed by atoms with van der Waals surface area (Å²) >= 11 is 0. The average molecular weight is 772 g/mol. The van der Waals surface area contributed by atoms with Gasteiger partial charge in [0, 0.05) is 39.1 Å². The average Bonchev–Trinajstić information content (AvgIpc) is 3.97. The molecule has 4 heteroatoms. The lowest BCUT2D eigenvalue weighted by Gasteiger charge is -2.39. The predicted molar refractivity (Wildman–Crippen MR) is 243 cm³/mol. The van der Waals surface area contributed by atoms with Crippen molar-refractivity contribution in [3.05, 3.63) is 222 Å². The summed E-state index contributed by atoms with van der Waals surface area (Å²) < 4.78 is 19.6. The Bertz CT molecular complexity index is 3360. The highest BCUT2D eigenvalue weighted by Gasteiger charge is 2.51. The molecule has 0 bridgehead atoms. The number of hydrogen-bond donors (Lipinski definition) is 0. The van der Waals surface area contributed by atoms with E-state index in [1.165, 1.54) is 38.8 Å². The third kappa shape index (κ3) is 4.50. The first-order valence-electron chi connectivity index (χ1n) is 20.8. The van der Waals surface area contributed by atoms with Gasteiger partial charge in [-0.15, -0.1) is 0 Å². The third-order valence-corrected chi connectivity index (χ3v) is 13.3. The third-order valence-electron chi connectivity index (χ3n) is 13.3. The standard InChI is InChI=1S/C56H37NO3/c1-34-46(30-32-53-54(34)40-15-4-9-21-48(40)59-53)57(47-20-12-24-52-55(47)41-16-5-10-22-49(41)58-52)37-28-25-35(26-29-37)36-27-31-51-45(33-36)56(44-19-8-11-23-50(44)60-51)42-17-6-2-13-38(42)39-14-3-7-18-43(39)56/h2-34,46H,1H3. The molecule has 0 N–H and O–H groups in total. The molecule has 2 aliphatic carbocycles. The highest BCUT2D eigenvalue weighted by molar-refractivity contribution is 6.12. The van der Waals surface area contributed by atoms with Crippen LogP contribution in [-0.2, 0) is 5.41 Å². The summed E-state index contributed by atoms with van der Waals surface area (Å²) in [6, 6.07) is 65.3. The van der Waals surface area contributed by atoms with E-state index in [0.29, 0.717) is 0 Å². The Hall–Kier alpha value is -7.56. The normalized spacial score (nSPS) is 16.6. The molecule has 2 atom stereocenters. The van der Waals surface area contributed by atoms with E-state index in [2.05, 4.69) is 194 Å². The minimum atomic E-state index is -0.518. The lowest BCUT2D eigenvalue weighted by atomic mass is 9.66. The van der Waals surface area contributed by atoms with Gasteiger partial charge in [-0.1, -0.05) is 140 Å². The van der Waals surface area contributed by atoms with Gasteiger partial charge < -0.3 is 18.5 Å². The van der Waals surface area contributed by atoms with Crippen LogP contribution in [0.5, 0.6) is 11.5 Å². The van der Waals surface area contributed by atoms with Crippen LogP contribution in [0.4, 0.5) is 11.4 Å². The van der Waals surface area contributed by atoms with Crippen LogP contribution < -0.4 is 9.64 Å². The van der Waals surface area contributed by atoms with E-state index in [0.717, 1.165) is 72.8 Å². The molecule has 4 nitrogen and oxygen atoms in total. The molecule has 60 heavy (non-hydrogen) atoms. The van der Waals surface area contributed by atoms with E-state index in [4.69, 9.17) is 13.6 Å². The molecule has 0 saturated carbocycles. The number of nitrogens with zero attached hydrogens (tertiary/aromatic N) is 1. The van der Waals surface area contributed by atoms with Crippen molar-refractivity contribution in [1.82, 2.24) is 0 Å². The Balaban J connectivity index is 0.974. The second kappa shape index (κ2) is 12.5. The molecular weight excluding hydrogens is 735 g/mol. The molecule has 0 saturated heterocycles. The van der Waals surface area contributed by atoms with Gasteiger partial charge in [-0.25, -0.2) is 0 Å².